The lowest BCUT2D eigenvalue weighted by atomic mass is 10.4. The molecule has 1 heterocycles. The van der Waals surface area contributed by atoms with E-state index in [9.17, 15) is 9.59 Å². The van der Waals surface area contributed by atoms with E-state index in [1.165, 1.54) is 6.92 Å². The average Bonchev–Trinajstić information content (AvgIpc) is 2.09. The summed E-state index contributed by atoms with van der Waals surface area (Å²) in [6.07, 6.45) is -0.922. The van der Waals surface area contributed by atoms with Crippen molar-refractivity contribution in [1.29, 1.82) is 0 Å². The van der Waals surface area contributed by atoms with Crippen LogP contribution in [0.1, 0.15) is 6.92 Å². The SMILES string of the molecule is CC(=O)NN1C(=O)C(Cl)=C(N)NC1N. The molecule has 1 unspecified atom stereocenters. The molecule has 0 saturated heterocycles. The standard InChI is InChI=1S/C6H10ClN5O2/c1-2(13)11-12-5(14)3(7)4(8)10-6(12)9/h6,10H,8-9H2,1H3,(H,11,13). The molecule has 0 aromatic carbocycles. The molecule has 8 heteroatoms. The number of halogens is 1. The topological polar surface area (TPSA) is 113 Å². The molecule has 1 rings (SSSR count). The largest absolute Gasteiger partial charge is 0.384 e. The first-order chi connectivity index (χ1) is 6.43. The number of hydrazine groups is 1. The summed E-state index contributed by atoms with van der Waals surface area (Å²) >= 11 is 5.56. The first-order valence-corrected chi connectivity index (χ1v) is 4.09. The number of rotatable bonds is 1. The molecule has 1 atom stereocenters. The summed E-state index contributed by atoms with van der Waals surface area (Å²) in [7, 11) is 0. The van der Waals surface area contributed by atoms with Crippen LogP contribution in [0.15, 0.2) is 10.9 Å². The highest BCUT2D eigenvalue weighted by atomic mass is 35.5. The lowest BCUT2D eigenvalue weighted by Gasteiger charge is -2.33. The van der Waals surface area contributed by atoms with Gasteiger partial charge in [0.2, 0.25) is 5.91 Å². The highest BCUT2D eigenvalue weighted by molar-refractivity contribution is 6.42. The fourth-order valence-corrected chi connectivity index (χ4v) is 1.07. The van der Waals surface area contributed by atoms with Gasteiger partial charge in [-0.25, -0.2) is 5.01 Å². The molecular formula is C6H10ClN5O2. The van der Waals surface area contributed by atoms with Crippen LogP contribution in [0.5, 0.6) is 0 Å². The molecule has 14 heavy (non-hydrogen) atoms. The second-order valence-corrected chi connectivity index (χ2v) is 3.04. The molecule has 7 nitrogen and oxygen atoms in total. The van der Waals surface area contributed by atoms with Crippen molar-refractivity contribution >= 4 is 23.4 Å². The van der Waals surface area contributed by atoms with Crippen LogP contribution in [0.2, 0.25) is 0 Å². The number of nitrogens with one attached hydrogen (secondary N) is 2. The third-order valence-corrected chi connectivity index (χ3v) is 1.87. The highest BCUT2D eigenvalue weighted by Gasteiger charge is 2.30. The van der Waals surface area contributed by atoms with Crippen LogP contribution in [-0.2, 0) is 9.59 Å². The Kier molecular flexibility index (Phi) is 2.82. The van der Waals surface area contributed by atoms with Gasteiger partial charge in [0.15, 0.2) is 6.29 Å². The van der Waals surface area contributed by atoms with Crippen LogP contribution in [0, 0.1) is 0 Å². The second kappa shape index (κ2) is 3.72. The molecule has 1 aliphatic rings. The fourth-order valence-electron chi connectivity index (χ4n) is 0.924. The molecule has 0 aromatic heterocycles. The summed E-state index contributed by atoms with van der Waals surface area (Å²) in [5.74, 6) is -1.09. The van der Waals surface area contributed by atoms with Crippen LogP contribution in [0.4, 0.5) is 0 Å². The van der Waals surface area contributed by atoms with Gasteiger partial charge in [-0.1, -0.05) is 11.6 Å². The average molecular weight is 220 g/mol. The van der Waals surface area contributed by atoms with Gasteiger partial charge in [0.1, 0.15) is 10.9 Å². The van der Waals surface area contributed by atoms with Crippen LogP contribution in [0.25, 0.3) is 0 Å². The van der Waals surface area contributed by atoms with Crippen LogP contribution >= 0.6 is 11.6 Å². The Bertz CT molecular complexity index is 315. The number of amides is 2. The Balaban J connectivity index is 2.88. The Labute approximate surface area is 85.0 Å². The molecule has 0 bridgehead atoms. The lowest BCUT2D eigenvalue weighted by molar-refractivity contribution is -0.141. The van der Waals surface area contributed by atoms with E-state index in [-0.39, 0.29) is 10.9 Å². The van der Waals surface area contributed by atoms with Crippen molar-refractivity contribution in [3.05, 3.63) is 10.9 Å². The summed E-state index contributed by atoms with van der Waals surface area (Å²) in [5, 5.41) is 3.16. The lowest BCUT2D eigenvalue weighted by Crippen LogP contribution is -2.64. The van der Waals surface area contributed by atoms with E-state index in [0.717, 1.165) is 5.01 Å². The number of carbonyl (C=O) groups is 2. The third kappa shape index (κ3) is 1.88. The molecule has 0 aliphatic carbocycles. The highest BCUT2D eigenvalue weighted by Crippen LogP contribution is 2.12. The van der Waals surface area contributed by atoms with Crippen molar-refractivity contribution in [3.8, 4) is 0 Å². The van der Waals surface area contributed by atoms with E-state index in [4.69, 9.17) is 23.1 Å². The monoisotopic (exact) mass is 219 g/mol. The fraction of sp³-hybridized carbons (Fsp3) is 0.333. The zero-order valence-corrected chi connectivity index (χ0v) is 8.13. The molecule has 0 aromatic rings. The Morgan fingerprint density at radius 1 is 1.71 bits per heavy atom. The Morgan fingerprint density at radius 3 is 2.79 bits per heavy atom. The van der Waals surface area contributed by atoms with Gasteiger partial charge in [-0.2, -0.15) is 0 Å². The second-order valence-electron chi connectivity index (χ2n) is 2.66. The van der Waals surface area contributed by atoms with Crippen LogP contribution in [0.3, 0.4) is 0 Å². The quantitative estimate of drug-likeness (QED) is 0.411. The zero-order valence-electron chi connectivity index (χ0n) is 7.37. The Hall–Kier alpha value is -1.47. The molecule has 0 radical (unpaired) electrons. The van der Waals surface area contributed by atoms with Gasteiger partial charge in [0.25, 0.3) is 5.91 Å². The van der Waals surface area contributed by atoms with Gasteiger partial charge in [-0.15, -0.1) is 0 Å². The minimum absolute atomic E-state index is 0.00855. The van der Waals surface area contributed by atoms with Gasteiger partial charge in [-0.05, 0) is 0 Å². The van der Waals surface area contributed by atoms with E-state index < -0.39 is 18.1 Å². The minimum atomic E-state index is -0.922. The van der Waals surface area contributed by atoms with Gasteiger partial charge < -0.3 is 11.1 Å². The van der Waals surface area contributed by atoms with Crippen LogP contribution in [-0.4, -0.2) is 23.1 Å². The van der Waals surface area contributed by atoms with Crippen molar-refractivity contribution in [2.24, 2.45) is 11.5 Å². The van der Waals surface area contributed by atoms with Crippen molar-refractivity contribution in [2.75, 3.05) is 0 Å². The first-order valence-electron chi connectivity index (χ1n) is 3.71. The molecule has 1 aliphatic heterocycles. The molecule has 0 saturated carbocycles. The summed E-state index contributed by atoms with van der Waals surface area (Å²) in [4.78, 5) is 22.1. The number of nitrogens with zero attached hydrogens (tertiary/aromatic N) is 1. The summed E-state index contributed by atoms with van der Waals surface area (Å²) in [5.41, 5.74) is 13.0. The van der Waals surface area contributed by atoms with E-state index in [0.29, 0.717) is 0 Å². The number of carbonyl (C=O) groups excluding carboxylic acids is 2. The van der Waals surface area contributed by atoms with Crippen molar-refractivity contribution in [3.63, 3.8) is 0 Å². The predicted molar refractivity (Wildman–Crippen MR) is 48.8 cm³/mol. The van der Waals surface area contributed by atoms with E-state index in [2.05, 4.69) is 10.7 Å². The predicted octanol–water partition coefficient (Wildman–Crippen LogP) is -1.92. The molecule has 78 valence electrons. The number of hydrogen-bond donors (Lipinski definition) is 4. The molecule has 0 spiro atoms. The summed E-state index contributed by atoms with van der Waals surface area (Å²) < 4.78 is 0. The van der Waals surface area contributed by atoms with Gasteiger partial charge in [-0.3, -0.25) is 20.7 Å². The van der Waals surface area contributed by atoms with E-state index >= 15 is 0 Å². The zero-order chi connectivity index (χ0) is 10.9. The maximum Gasteiger partial charge on any atom is 0.290 e. The third-order valence-electron chi connectivity index (χ3n) is 1.50. The molecule has 0 fully saturated rings. The van der Waals surface area contributed by atoms with E-state index in [1.807, 2.05) is 0 Å². The van der Waals surface area contributed by atoms with Gasteiger partial charge in [0.05, 0.1) is 0 Å². The normalized spacial score (nSPS) is 22.1. The summed E-state index contributed by atoms with van der Waals surface area (Å²) in [6, 6.07) is 0. The van der Waals surface area contributed by atoms with Crippen molar-refractivity contribution in [1.82, 2.24) is 15.8 Å². The van der Waals surface area contributed by atoms with Gasteiger partial charge in [0, 0.05) is 6.92 Å². The van der Waals surface area contributed by atoms with Crippen molar-refractivity contribution < 1.29 is 9.59 Å². The van der Waals surface area contributed by atoms with Crippen LogP contribution < -0.4 is 22.2 Å². The number of hydrogen-bond acceptors (Lipinski definition) is 5. The van der Waals surface area contributed by atoms with Gasteiger partial charge >= 0.3 is 0 Å². The minimum Gasteiger partial charge on any atom is -0.384 e. The Morgan fingerprint density at radius 2 is 2.29 bits per heavy atom. The number of nitrogens with two attached hydrogens (primary N) is 2. The summed E-state index contributed by atoms with van der Waals surface area (Å²) in [6.45, 7) is 1.25. The van der Waals surface area contributed by atoms with E-state index in [1.54, 1.807) is 0 Å². The maximum atomic E-state index is 11.4. The maximum absolute atomic E-state index is 11.4. The molecular weight excluding hydrogens is 210 g/mol. The molecule has 6 N–H and O–H groups in total. The van der Waals surface area contributed by atoms with Crippen molar-refractivity contribution in [2.45, 2.75) is 13.2 Å². The first kappa shape index (κ1) is 10.6. The molecule has 2 amide bonds. The smallest absolute Gasteiger partial charge is 0.290 e.